The molecule has 0 spiro atoms. The van der Waals surface area contributed by atoms with Gasteiger partial charge in [-0.15, -0.1) is 11.3 Å². The molecule has 0 atom stereocenters. The Morgan fingerprint density at radius 1 is 0.952 bits per heavy atom. The highest BCUT2D eigenvalue weighted by Gasteiger charge is 2.35. The van der Waals surface area contributed by atoms with Crippen LogP contribution in [-0.2, 0) is 11.8 Å². The summed E-state index contributed by atoms with van der Waals surface area (Å²) in [7, 11) is 0. The molecule has 1 heterocycles. The van der Waals surface area contributed by atoms with Crippen molar-refractivity contribution in [3.05, 3.63) is 88.4 Å². The quantitative estimate of drug-likeness (QED) is 0.722. The summed E-state index contributed by atoms with van der Waals surface area (Å²) in [5, 5.41) is 12.0. The highest BCUT2D eigenvalue weighted by Crippen LogP contribution is 2.35. The number of hydrogen-bond donors (Lipinski definition) is 0. The van der Waals surface area contributed by atoms with Crippen LogP contribution < -0.4 is 0 Å². The minimum atomic E-state index is -0.698. The van der Waals surface area contributed by atoms with Crippen molar-refractivity contribution in [2.24, 2.45) is 0 Å². The van der Waals surface area contributed by atoms with Gasteiger partial charge in [0.1, 0.15) is 5.41 Å². The third-order valence-electron chi connectivity index (χ3n) is 3.65. The van der Waals surface area contributed by atoms with Gasteiger partial charge in [0, 0.05) is 11.8 Å². The fourth-order valence-electron chi connectivity index (χ4n) is 2.58. The molecule has 21 heavy (non-hydrogen) atoms. The van der Waals surface area contributed by atoms with Crippen LogP contribution in [0.3, 0.4) is 0 Å². The zero-order valence-electron chi connectivity index (χ0n) is 11.4. The molecule has 0 amide bonds. The maximum atomic E-state index is 10.0. The topological polar surface area (TPSA) is 36.7 Å². The molecule has 1 aromatic heterocycles. The molecule has 3 rings (SSSR count). The lowest BCUT2D eigenvalue weighted by Crippen LogP contribution is -2.28. The summed E-state index contributed by atoms with van der Waals surface area (Å²) in [5.41, 5.74) is 4.08. The second kappa shape index (κ2) is 5.90. The zero-order valence-corrected chi connectivity index (χ0v) is 12.3. The number of thiazole rings is 1. The third kappa shape index (κ3) is 2.58. The van der Waals surface area contributed by atoms with Gasteiger partial charge in [0.2, 0.25) is 0 Å². The van der Waals surface area contributed by atoms with Crippen LogP contribution in [0.25, 0.3) is 0 Å². The van der Waals surface area contributed by atoms with Gasteiger partial charge in [-0.1, -0.05) is 60.7 Å². The Bertz CT molecular complexity index is 688. The standard InChI is InChI=1S/C18H14N2S/c19-13-18(11-17-12-21-14-20-17,15-7-3-1-4-8-15)16-9-5-2-6-10-16/h1-10,12,14H,11H2. The maximum absolute atomic E-state index is 10.0. The fourth-order valence-corrected chi connectivity index (χ4v) is 3.14. The Balaban J connectivity index is 2.16. The van der Waals surface area contributed by atoms with E-state index in [9.17, 15) is 5.26 Å². The van der Waals surface area contributed by atoms with Gasteiger partial charge in [-0.2, -0.15) is 5.26 Å². The van der Waals surface area contributed by atoms with Crippen molar-refractivity contribution in [3.63, 3.8) is 0 Å². The van der Waals surface area contributed by atoms with E-state index in [-0.39, 0.29) is 0 Å². The van der Waals surface area contributed by atoms with Crippen molar-refractivity contribution in [2.45, 2.75) is 11.8 Å². The molecule has 2 aromatic carbocycles. The largest absolute Gasteiger partial charge is 0.250 e. The Hall–Kier alpha value is -2.44. The molecular weight excluding hydrogens is 276 g/mol. The van der Waals surface area contributed by atoms with Crippen molar-refractivity contribution >= 4 is 11.3 Å². The Morgan fingerprint density at radius 2 is 1.52 bits per heavy atom. The second-order valence-corrected chi connectivity index (χ2v) is 5.62. The summed E-state index contributed by atoms with van der Waals surface area (Å²) in [6.45, 7) is 0. The Morgan fingerprint density at radius 3 is 1.95 bits per heavy atom. The van der Waals surface area contributed by atoms with Crippen molar-refractivity contribution in [2.75, 3.05) is 0 Å². The number of aromatic nitrogens is 1. The van der Waals surface area contributed by atoms with Gasteiger partial charge in [-0.3, -0.25) is 0 Å². The van der Waals surface area contributed by atoms with Gasteiger partial charge < -0.3 is 0 Å². The van der Waals surface area contributed by atoms with E-state index in [0.29, 0.717) is 6.42 Å². The first-order valence-electron chi connectivity index (χ1n) is 6.74. The van der Waals surface area contributed by atoms with Gasteiger partial charge in [0.25, 0.3) is 0 Å². The van der Waals surface area contributed by atoms with E-state index in [2.05, 4.69) is 11.1 Å². The van der Waals surface area contributed by atoms with E-state index in [0.717, 1.165) is 16.8 Å². The number of nitrogens with zero attached hydrogens (tertiary/aromatic N) is 2. The fraction of sp³-hybridized carbons (Fsp3) is 0.111. The molecule has 0 saturated heterocycles. The van der Waals surface area contributed by atoms with Gasteiger partial charge in [0.05, 0.1) is 17.3 Å². The van der Waals surface area contributed by atoms with E-state index in [1.165, 1.54) is 0 Å². The summed E-state index contributed by atoms with van der Waals surface area (Å²) >= 11 is 1.56. The summed E-state index contributed by atoms with van der Waals surface area (Å²) in [5.74, 6) is 0. The first-order chi connectivity index (χ1) is 10.3. The summed E-state index contributed by atoms with van der Waals surface area (Å²) in [4.78, 5) is 4.37. The molecule has 2 nitrogen and oxygen atoms in total. The molecule has 0 radical (unpaired) electrons. The molecule has 0 N–H and O–H groups in total. The smallest absolute Gasteiger partial charge is 0.113 e. The van der Waals surface area contributed by atoms with Gasteiger partial charge in [-0.25, -0.2) is 4.98 Å². The van der Waals surface area contributed by atoms with E-state index in [1.807, 2.05) is 71.6 Å². The first-order valence-corrected chi connectivity index (χ1v) is 7.69. The van der Waals surface area contributed by atoms with Crippen LogP contribution in [0.2, 0.25) is 0 Å². The molecule has 0 aliphatic rings. The maximum Gasteiger partial charge on any atom is 0.113 e. The van der Waals surface area contributed by atoms with E-state index in [4.69, 9.17) is 0 Å². The minimum absolute atomic E-state index is 0.584. The van der Waals surface area contributed by atoms with Gasteiger partial charge in [0.15, 0.2) is 0 Å². The molecule has 0 fully saturated rings. The van der Waals surface area contributed by atoms with Crippen molar-refractivity contribution in [1.29, 1.82) is 5.26 Å². The predicted molar refractivity (Wildman–Crippen MR) is 85.1 cm³/mol. The molecule has 3 aromatic rings. The number of nitriles is 1. The van der Waals surface area contributed by atoms with Gasteiger partial charge in [-0.05, 0) is 11.1 Å². The van der Waals surface area contributed by atoms with E-state index in [1.54, 1.807) is 11.3 Å². The van der Waals surface area contributed by atoms with Crippen molar-refractivity contribution < 1.29 is 0 Å². The number of rotatable bonds is 4. The Kier molecular flexibility index (Phi) is 3.81. The summed E-state index contributed by atoms with van der Waals surface area (Å²) in [6.07, 6.45) is 0.584. The molecule has 3 heteroatoms. The average molecular weight is 290 g/mol. The monoisotopic (exact) mass is 290 g/mol. The highest BCUT2D eigenvalue weighted by atomic mass is 32.1. The van der Waals surface area contributed by atoms with Crippen molar-refractivity contribution in [3.8, 4) is 6.07 Å². The van der Waals surface area contributed by atoms with Crippen LogP contribution >= 0.6 is 11.3 Å². The molecular formula is C18H14N2S. The predicted octanol–water partition coefficient (Wildman–Crippen LogP) is 4.20. The second-order valence-electron chi connectivity index (χ2n) is 4.91. The summed E-state index contributed by atoms with van der Waals surface area (Å²) < 4.78 is 0. The minimum Gasteiger partial charge on any atom is -0.250 e. The van der Waals surface area contributed by atoms with Crippen LogP contribution in [-0.4, -0.2) is 4.98 Å². The third-order valence-corrected chi connectivity index (χ3v) is 4.29. The number of hydrogen-bond acceptors (Lipinski definition) is 3. The van der Waals surface area contributed by atoms with Crippen molar-refractivity contribution in [1.82, 2.24) is 4.98 Å². The first kappa shape index (κ1) is 13.5. The van der Waals surface area contributed by atoms with Gasteiger partial charge >= 0.3 is 0 Å². The zero-order chi connectivity index (χ0) is 14.5. The molecule has 0 unspecified atom stereocenters. The van der Waals surface area contributed by atoms with Crippen LogP contribution in [0.4, 0.5) is 0 Å². The lowest BCUT2D eigenvalue weighted by molar-refractivity contribution is 0.643. The molecule has 0 saturated carbocycles. The van der Waals surface area contributed by atoms with Crippen LogP contribution in [0.5, 0.6) is 0 Å². The Labute approximate surface area is 128 Å². The van der Waals surface area contributed by atoms with Crippen LogP contribution in [0.1, 0.15) is 16.8 Å². The SMILES string of the molecule is N#CC(Cc1cscn1)(c1ccccc1)c1ccccc1. The molecule has 0 aliphatic heterocycles. The highest BCUT2D eigenvalue weighted by molar-refractivity contribution is 7.07. The lowest BCUT2D eigenvalue weighted by atomic mass is 9.72. The van der Waals surface area contributed by atoms with Crippen LogP contribution in [0, 0.1) is 11.3 Å². The normalized spacial score (nSPS) is 11.0. The average Bonchev–Trinajstić information content (AvgIpc) is 3.07. The number of benzene rings is 2. The lowest BCUT2D eigenvalue weighted by Gasteiger charge is -2.27. The van der Waals surface area contributed by atoms with E-state index < -0.39 is 5.41 Å². The van der Waals surface area contributed by atoms with Crippen LogP contribution in [0.15, 0.2) is 71.6 Å². The van der Waals surface area contributed by atoms with E-state index >= 15 is 0 Å². The molecule has 102 valence electrons. The molecule has 0 aliphatic carbocycles. The molecule has 0 bridgehead atoms. The summed E-state index contributed by atoms with van der Waals surface area (Å²) in [6, 6.07) is 22.5.